The van der Waals surface area contributed by atoms with E-state index in [0.29, 0.717) is 0 Å². The molecule has 2 atom stereocenters. The van der Waals surface area contributed by atoms with Crippen LogP contribution in [0.5, 0.6) is 0 Å². The highest BCUT2D eigenvalue weighted by Gasteiger charge is 2.31. The zero-order valence-electron chi connectivity index (χ0n) is 10.7. The van der Waals surface area contributed by atoms with Crippen molar-refractivity contribution in [2.45, 2.75) is 17.9 Å². The first kappa shape index (κ1) is 14.4. The van der Waals surface area contributed by atoms with E-state index in [4.69, 9.17) is 5.73 Å². The highest BCUT2D eigenvalue weighted by atomic mass is 32.2. The summed E-state index contributed by atoms with van der Waals surface area (Å²) >= 11 is 0. The molecule has 0 saturated heterocycles. The summed E-state index contributed by atoms with van der Waals surface area (Å²) in [6.07, 6.45) is 4.62. The van der Waals surface area contributed by atoms with E-state index in [1.165, 1.54) is 12.3 Å². The van der Waals surface area contributed by atoms with Crippen molar-refractivity contribution in [3.05, 3.63) is 41.5 Å². The standard InChI is InChI=1S/C13H14N2O4S/c1-8-4-5-11(20(17,18)19)10(7-8)12-9(13(14)16)3-2-6-15-12/h2-7,9,12H,1H3,(H2,14,16)(H,17,18,19). The highest BCUT2D eigenvalue weighted by Crippen LogP contribution is 2.34. The number of aryl methyl sites for hydroxylation is 1. The molecule has 2 unspecified atom stereocenters. The van der Waals surface area contributed by atoms with Gasteiger partial charge in [0.05, 0.1) is 16.9 Å². The Hall–Kier alpha value is -1.99. The minimum Gasteiger partial charge on any atom is -0.369 e. The smallest absolute Gasteiger partial charge is 0.294 e. The molecule has 0 aromatic heterocycles. The molecule has 20 heavy (non-hydrogen) atoms. The summed E-state index contributed by atoms with van der Waals surface area (Å²) < 4.78 is 32.2. The van der Waals surface area contributed by atoms with Gasteiger partial charge in [0.25, 0.3) is 10.1 Å². The van der Waals surface area contributed by atoms with Crippen LogP contribution < -0.4 is 5.73 Å². The summed E-state index contributed by atoms with van der Waals surface area (Å²) in [5.74, 6) is -1.35. The molecule has 6 nitrogen and oxygen atoms in total. The summed E-state index contributed by atoms with van der Waals surface area (Å²) in [4.78, 5) is 15.3. The number of amides is 1. The molecule has 0 spiro atoms. The van der Waals surface area contributed by atoms with Crippen molar-refractivity contribution in [3.8, 4) is 0 Å². The van der Waals surface area contributed by atoms with Crippen LogP contribution in [0.2, 0.25) is 0 Å². The Bertz CT molecular complexity index is 707. The molecule has 106 valence electrons. The topological polar surface area (TPSA) is 110 Å². The molecule has 7 heteroatoms. The zero-order valence-corrected chi connectivity index (χ0v) is 11.5. The summed E-state index contributed by atoms with van der Waals surface area (Å²) in [7, 11) is -4.40. The van der Waals surface area contributed by atoms with Crippen LogP contribution in [0.4, 0.5) is 0 Å². The molecule has 3 N–H and O–H groups in total. The maximum absolute atomic E-state index is 11.5. The molecule has 1 aromatic rings. The molecule has 1 aliphatic rings. The van der Waals surface area contributed by atoms with Gasteiger partial charge in [-0.1, -0.05) is 23.8 Å². The summed E-state index contributed by atoms with van der Waals surface area (Å²) in [6.45, 7) is 1.78. The normalized spacial score (nSPS) is 21.9. The molecular weight excluding hydrogens is 280 g/mol. The number of primary amides is 1. The first-order valence-corrected chi connectivity index (χ1v) is 7.32. The fourth-order valence-electron chi connectivity index (χ4n) is 2.17. The number of rotatable bonds is 3. The number of hydrogen-bond donors (Lipinski definition) is 2. The van der Waals surface area contributed by atoms with E-state index in [-0.39, 0.29) is 10.5 Å². The lowest BCUT2D eigenvalue weighted by atomic mass is 9.90. The Labute approximate surface area is 116 Å². The third-order valence-corrected chi connectivity index (χ3v) is 4.01. The van der Waals surface area contributed by atoms with Gasteiger partial charge in [-0.2, -0.15) is 8.42 Å². The van der Waals surface area contributed by atoms with Gasteiger partial charge in [-0.15, -0.1) is 0 Å². The number of hydrogen-bond acceptors (Lipinski definition) is 4. The molecule has 1 aromatic carbocycles. The van der Waals surface area contributed by atoms with Gasteiger partial charge >= 0.3 is 0 Å². The second-order valence-electron chi connectivity index (χ2n) is 4.57. The Morgan fingerprint density at radius 1 is 1.40 bits per heavy atom. The number of carbonyl (C=O) groups excluding carboxylic acids is 1. The predicted octanol–water partition coefficient (Wildman–Crippen LogP) is 1.02. The lowest BCUT2D eigenvalue weighted by Crippen LogP contribution is -2.28. The molecule has 1 aliphatic heterocycles. The van der Waals surface area contributed by atoms with Crippen LogP contribution in [0.3, 0.4) is 0 Å². The first-order chi connectivity index (χ1) is 9.30. The summed E-state index contributed by atoms with van der Waals surface area (Å²) in [5, 5.41) is 0. The molecule has 2 rings (SSSR count). The van der Waals surface area contributed by atoms with E-state index in [9.17, 15) is 17.8 Å². The van der Waals surface area contributed by atoms with Crippen molar-refractivity contribution < 1.29 is 17.8 Å². The minimum atomic E-state index is -4.40. The summed E-state index contributed by atoms with van der Waals surface area (Å²) in [5.41, 5.74) is 6.37. The maximum Gasteiger partial charge on any atom is 0.294 e. The van der Waals surface area contributed by atoms with Crippen molar-refractivity contribution in [3.63, 3.8) is 0 Å². The molecule has 0 saturated carbocycles. The average Bonchev–Trinajstić information content (AvgIpc) is 2.37. The van der Waals surface area contributed by atoms with Crippen molar-refractivity contribution in [1.82, 2.24) is 0 Å². The highest BCUT2D eigenvalue weighted by molar-refractivity contribution is 7.85. The van der Waals surface area contributed by atoms with Gasteiger partial charge in [-0.05, 0) is 24.6 Å². The van der Waals surface area contributed by atoms with Gasteiger partial charge < -0.3 is 5.73 Å². The van der Waals surface area contributed by atoms with Crippen LogP contribution in [0, 0.1) is 12.8 Å². The van der Waals surface area contributed by atoms with Crippen molar-refractivity contribution >= 4 is 22.2 Å². The maximum atomic E-state index is 11.5. The Morgan fingerprint density at radius 2 is 2.10 bits per heavy atom. The number of allylic oxidation sites excluding steroid dienone is 1. The third kappa shape index (κ3) is 2.78. The van der Waals surface area contributed by atoms with E-state index >= 15 is 0 Å². The van der Waals surface area contributed by atoms with E-state index in [1.807, 2.05) is 0 Å². The van der Waals surface area contributed by atoms with Crippen LogP contribution in [0.15, 0.2) is 40.2 Å². The zero-order chi connectivity index (χ0) is 14.9. The monoisotopic (exact) mass is 294 g/mol. The second-order valence-corrected chi connectivity index (χ2v) is 5.96. The van der Waals surface area contributed by atoms with Crippen LogP contribution >= 0.6 is 0 Å². The lowest BCUT2D eigenvalue weighted by molar-refractivity contribution is -0.121. The predicted molar refractivity (Wildman–Crippen MR) is 74.1 cm³/mol. The van der Waals surface area contributed by atoms with Gasteiger partial charge in [-0.25, -0.2) is 0 Å². The van der Waals surface area contributed by atoms with Gasteiger partial charge in [0, 0.05) is 6.21 Å². The van der Waals surface area contributed by atoms with E-state index < -0.39 is 28.0 Å². The number of carbonyl (C=O) groups is 1. The minimum absolute atomic E-state index is 0.258. The molecule has 0 radical (unpaired) electrons. The molecule has 0 bridgehead atoms. The van der Waals surface area contributed by atoms with Gasteiger partial charge in [0.15, 0.2) is 0 Å². The average molecular weight is 294 g/mol. The largest absolute Gasteiger partial charge is 0.369 e. The van der Waals surface area contributed by atoms with Crippen molar-refractivity contribution in [1.29, 1.82) is 0 Å². The van der Waals surface area contributed by atoms with E-state index in [0.717, 1.165) is 5.56 Å². The fourth-order valence-corrected chi connectivity index (χ4v) is 2.89. The fraction of sp³-hybridized carbons (Fsp3) is 0.231. The second kappa shape index (κ2) is 5.18. The molecule has 0 fully saturated rings. The molecule has 0 aliphatic carbocycles. The Balaban J connectivity index is 2.62. The molecule has 1 heterocycles. The van der Waals surface area contributed by atoms with Gasteiger partial charge in [0.1, 0.15) is 0 Å². The number of aliphatic imine (C=N–C) groups is 1. The first-order valence-electron chi connectivity index (χ1n) is 5.88. The van der Waals surface area contributed by atoms with Crippen molar-refractivity contribution in [2.75, 3.05) is 0 Å². The lowest BCUT2D eigenvalue weighted by Gasteiger charge is -2.23. The number of nitrogens with zero attached hydrogens (tertiary/aromatic N) is 1. The number of nitrogens with two attached hydrogens (primary N) is 1. The van der Waals surface area contributed by atoms with Crippen LogP contribution in [-0.4, -0.2) is 25.1 Å². The third-order valence-electron chi connectivity index (χ3n) is 3.08. The van der Waals surface area contributed by atoms with Crippen LogP contribution in [0.1, 0.15) is 17.2 Å². The Kier molecular flexibility index (Phi) is 3.74. The van der Waals surface area contributed by atoms with E-state index in [2.05, 4.69) is 4.99 Å². The number of dihydropyridines is 1. The van der Waals surface area contributed by atoms with Crippen LogP contribution in [-0.2, 0) is 14.9 Å². The van der Waals surface area contributed by atoms with Crippen LogP contribution in [0.25, 0.3) is 0 Å². The van der Waals surface area contributed by atoms with Crippen molar-refractivity contribution in [2.24, 2.45) is 16.6 Å². The molecular formula is C13H14N2O4S. The quantitative estimate of drug-likeness (QED) is 0.811. The van der Waals surface area contributed by atoms with E-state index in [1.54, 1.807) is 31.2 Å². The number of benzene rings is 1. The SMILES string of the molecule is Cc1ccc(S(=O)(=O)O)c(C2N=CC=CC2C(N)=O)c1. The van der Waals surface area contributed by atoms with Gasteiger partial charge in [0.2, 0.25) is 5.91 Å². The Morgan fingerprint density at radius 3 is 2.70 bits per heavy atom. The molecule has 1 amide bonds. The summed E-state index contributed by atoms with van der Waals surface area (Å²) in [6, 6.07) is 3.69. The van der Waals surface area contributed by atoms with Gasteiger partial charge in [-0.3, -0.25) is 14.3 Å².